The molecule has 24 heavy (non-hydrogen) atoms. The molecule has 1 amide bonds. The van der Waals surface area contributed by atoms with Gasteiger partial charge in [0.1, 0.15) is 0 Å². The van der Waals surface area contributed by atoms with Crippen LogP contribution in [0.3, 0.4) is 0 Å². The van der Waals surface area contributed by atoms with Crippen LogP contribution in [0, 0.1) is 0 Å². The van der Waals surface area contributed by atoms with Gasteiger partial charge in [-0.05, 0) is 35.9 Å². The molecule has 7 heteroatoms. The van der Waals surface area contributed by atoms with Crippen molar-refractivity contribution in [3.05, 3.63) is 69.2 Å². The molecule has 0 aliphatic heterocycles. The summed E-state index contributed by atoms with van der Waals surface area (Å²) in [6, 6.07) is 11.6. The summed E-state index contributed by atoms with van der Waals surface area (Å²) in [5.74, 6) is -1.16. The van der Waals surface area contributed by atoms with E-state index in [9.17, 15) is 9.59 Å². The minimum absolute atomic E-state index is 0.398. The summed E-state index contributed by atoms with van der Waals surface area (Å²) in [5, 5.41) is 3.85. The summed E-state index contributed by atoms with van der Waals surface area (Å²) in [6.07, 6.45) is 2.66. The highest BCUT2D eigenvalue weighted by Gasteiger charge is 2.08. The van der Waals surface area contributed by atoms with E-state index in [4.69, 9.17) is 39.5 Å². The molecule has 0 heterocycles. The van der Waals surface area contributed by atoms with Gasteiger partial charge in [0.2, 0.25) is 0 Å². The number of amides is 1. The zero-order valence-corrected chi connectivity index (χ0v) is 14.5. The largest absolute Gasteiger partial charge is 0.452 e. The van der Waals surface area contributed by atoms with Crippen LogP contribution in [-0.4, -0.2) is 18.5 Å². The zero-order valence-electron chi connectivity index (χ0n) is 12.3. The van der Waals surface area contributed by atoms with E-state index in [0.717, 1.165) is 0 Å². The van der Waals surface area contributed by atoms with E-state index >= 15 is 0 Å². The quantitative estimate of drug-likeness (QED) is 0.592. The Bertz CT molecular complexity index is 790. The Morgan fingerprint density at radius 3 is 2.50 bits per heavy atom. The average Bonchev–Trinajstić information content (AvgIpc) is 2.54. The predicted molar refractivity (Wildman–Crippen MR) is 96.5 cm³/mol. The molecule has 124 valence electrons. The molecular formula is C17H12Cl3NO3. The van der Waals surface area contributed by atoms with Crippen molar-refractivity contribution in [3.63, 3.8) is 0 Å². The van der Waals surface area contributed by atoms with Gasteiger partial charge in [0.05, 0.1) is 10.7 Å². The number of ether oxygens (including phenoxy) is 1. The molecule has 0 saturated carbocycles. The van der Waals surface area contributed by atoms with E-state index in [0.29, 0.717) is 26.3 Å². The molecule has 4 nitrogen and oxygen atoms in total. The van der Waals surface area contributed by atoms with Crippen molar-refractivity contribution >= 4 is 58.4 Å². The molecule has 1 N–H and O–H groups in total. The molecule has 0 saturated heterocycles. The second kappa shape index (κ2) is 8.73. The molecule has 0 unspecified atom stereocenters. The number of anilines is 1. The molecule has 0 radical (unpaired) electrons. The molecular weight excluding hydrogens is 373 g/mol. The number of hydrogen-bond donors (Lipinski definition) is 1. The van der Waals surface area contributed by atoms with Crippen molar-refractivity contribution in [3.8, 4) is 0 Å². The number of nitrogens with one attached hydrogen (secondary N) is 1. The fraction of sp³-hybridized carbons (Fsp3) is 0.0588. The normalized spacial score (nSPS) is 10.6. The molecule has 2 aromatic rings. The SMILES string of the molecule is O=C(COC(=O)/C=C/c1ccc(Cl)cc1Cl)Nc1ccccc1Cl. The summed E-state index contributed by atoms with van der Waals surface area (Å²) in [6.45, 7) is -0.428. The van der Waals surface area contributed by atoms with Gasteiger partial charge in [0.25, 0.3) is 5.91 Å². The van der Waals surface area contributed by atoms with Gasteiger partial charge in [-0.1, -0.05) is 53.0 Å². The number of halogens is 3. The number of para-hydroxylation sites is 1. The van der Waals surface area contributed by atoms with E-state index in [1.165, 1.54) is 12.2 Å². The lowest BCUT2D eigenvalue weighted by Gasteiger charge is -2.06. The minimum Gasteiger partial charge on any atom is -0.452 e. The lowest BCUT2D eigenvalue weighted by molar-refractivity contribution is -0.142. The van der Waals surface area contributed by atoms with Gasteiger partial charge >= 0.3 is 5.97 Å². The van der Waals surface area contributed by atoms with Crippen molar-refractivity contribution in [1.29, 1.82) is 0 Å². The van der Waals surface area contributed by atoms with Gasteiger partial charge in [-0.25, -0.2) is 4.79 Å². The first-order chi connectivity index (χ1) is 11.5. The molecule has 2 aromatic carbocycles. The molecule has 2 rings (SSSR count). The topological polar surface area (TPSA) is 55.4 Å². The lowest BCUT2D eigenvalue weighted by atomic mass is 10.2. The van der Waals surface area contributed by atoms with Crippen LogP contribution in [0.5, 0.6) is 0 Å². The van der Waals surface area contributed by atoms with Crippen LogP contribution in [0.4, 0.5) is 5.69 Å². The molecule has 0 aromatic heterocycles. The van der Waals surface area contributed by atoms with Crippen LogP contribution < -0.4 is 5.32 Å². The Balaban J connectivity index is 1.85. The Labute approximate surface area is 154 Å². The molecule has 0 bridgehead atoms. The first kappa shape index (κ1) is 18.3. The molecule has 0 atom stereocenters. The molecule has 0 spiro atoms. The van der Waals surface area contributed by atoms with Crippen molar-refractivity contribution in [2.75, 3.05) is 11.9 Å². The van der Waals surface area contributed by atoms with Crippen LogP contribution in [0.25, 0.3) is 6.08 Å². The smallest absolute Gasteiger partial charge is 0.331 e. The summed E-state index contributed by atoms with van der Waals surface area (Å²) >= 11 is 17.7. The third-order valence-electron chi connectivity index (χ3n) is 2.85. The number of hydrogen-bond acceptors (Lipinski definition) is 3. The monoisotopic (exact) mass is 383 g/mol. The summed E-state index contributed by atoms with van der Waals surface area (Å²) < 4.78 is 4.85. The van der Waals surface area contributed by atoms with E-state index < -0.39 is 18.5 Å². The van der Waals surface area contributed by atoms with E-state index in [2.05, 4.69) is 5.32 Å². The van der Waals surface area contributed by atoms with E-state index in [-0.39, 0.29) is 0 Å². The zero-order chi connectivity index (χ0) is 17.5. The fourth-order valence-corrected chi connectivity index (χ4v) is 2.38. The highest BCUT2D eigenvalue weighted by molar-refractivity contribution is 6.35. The van der Waals surface area contributed by atoms with Crippen LogP contribution in [0.1, 0.15) is 5.56 Å². The average molecular weight is 385 g/mol. The molecule has 0 aliphatic carbocycles. The van der Waals surface area contributed by atoms with Crippen molar-refractivity contribution in [1.82, 2.24) is 0 Å². The van der Waals surface area contributed by atoms with Gasteiger partial charge in [-0.3, -0.25) is 4.79 Å². The molecule has 0 aliphatic rings. The van der Waals surface area contributed by atoms with Gasteiger partial charge in [-0.2, -0.15) is 0 Å². The molecule has 0 fully saturated rings. The number of carbonyl (C=O) groups is 2. The highest BCUT2D eigenvalue weighted by Crippen LogP contribution is 2.22. The maximum Gasteiger partial charge on any atom is 0.331 e. The number of carbonyl (C=O) groups excluding carboxylic acids is 2. The van der Waals surface area contributed by atoms with Crippen LogP contribution >= 0.6 is 34.8 Å². The maximum atomic E-state index is 11.7. The maximum absolute atomic E-state index is 11.7. The summed E-state index contributed by atoms with van der Waals surface area (Å²) in [7, 11) is 0. The second-order valence-electron chi connectivity index (χ2n) is 4.63. The van der Waals surface area contributed by atoms with Crippen molar-refractivity contribution in [2.45, 2.75) is 0 Å². The van der Waals surface area contributed by atoms with Gasteiger partial charge in [-0.15, -0.1) is 0 Å². The first-order valence-electron chi connectivity index (χ1n) is 6.80. The Hall–Kier alpha value is -2.01. The minimum atomic E-state index is -0.671. The first-order valence-corrected chi connectivity index (χ1v) is 7.93. The van der Waals surface area contributed by atoms with E-state index in [1.807, 2.05) is 0 Å². The number of rotatable bonds is 5. The van der Waals surface area contributed by atoms with Gasteiger partial charge < -0.3 is 10.1 Å². The number of benzene rings is 2. The third kappa shape index (κ3) is 5.57. The Kier molecular flexibility index (Phi) is 6.67. The van der Waals surface area contributed by atoms with Gasteiger partial charge in [0, 0.05) is 16.1 Å². The van der Waals surface area contributed by atoms with Crippen LogP contribution in [-0.2, 0) is 14.3 Å². The Morgan fingerprint density at radius 2 is 1.79 bits per heavy atom. The summed E-state index contributed by atoms with van der Waals surface area (Å²) in [5.41, 5.74) is 1.06. The Morgan fingerprint density at radius 1 is 1.04 bits per heavy atom. The highest BCUT2D eigenvalue weighted by atomic mass is 35.5. The van der Waals surface area contributed by atoms with Crippen molar-refractivity contribution in [2.24, 2.45) is 0 Å². The van der Waals surface area contributed by atoms with E-state index in [1.54, 1.807) is 42.5 Å². The van der Waals surface area contributed by atoms with Crippen LogP contribution in [0.2, 0.25) is 15.1 Å². The number of esters is 1. The standard InChI is InChI=1S/C17H12Cl3NO3/c18-12-7-5-11(14(20)9-12)6-8-17(23)24-10-16(22)21-15-4-2-1-3-13(15)19/h1-9H,10H2,(H,21,22)/b8-6+. The van der Waals surface area contributed by atoms with Crippen LogP contribution in [0.15, 0.2) is 48.5 Å². The lowest BCUT2D eigenvalue weighted by Crippen LogP contribution is -2.20. The predicted octanol–water partition coefficient (Wildman–Crippen LogP) is 4.84. The second-order valence-corrected chi connectivity index (χ2v) is 5.89. The summed E-state index contributed by atoms with van der Waals surface area (Å²) in [4.78, 5) is 23.4. The van der Waals surface area contributed by atoms with Gasteiger partial charge in [0.15, 0.2) is 6.61 Å². The fourth-order valence-electron chi connectivity index (χ4n) is 1.73. The third-order valence-corrected chi connectivity index (χ3v) is 3.75. The van der Waals surface area contributed by atoms with Crippen molar-refractivity contribution < 1.29 is 14.3 Å².